The Labute approximate surface area is 85.8 Å². The van der Waals surface area contributed by atoms with Gasteiger partial charge in [-0.2, -0.15) is 0 Å². The summed E-state index contributed by atoms with van der Waals surface area (Å²) in [5, 5.41) is 19.3. The number of nitrogens with one attached hydrogen (secondary N) is 1. The first-order valence-corrected chi connectivity index (χ1v) is 3.46. The van der Waals surface area contributed by atoms with E-state index < -0.39 is 24.4 Å². The maximum absolute atomic E-state index is 10.4. The van der Waals surface area contributed by atoms with Gasteiger partial charge >= 0.3 is 11.9 Å². The molecule has 0 aromatic rings. The molecule has 0 aliphatic carbocycles. The quantitative estimate of drug-likeness (QED) is 0.357. The van der Waals surface area contributed by atoms with E-state index in [1.807, 2.05) is 0 Å². The molecule has 15 heavy (non-hydrogen) atoms. The lowest BCUT2D eigenvalue weighted by Crippen LogP contribution is -2.40. The highest BCUT2D eigenvalue weighted by atomic mass is 16.4. The standard InChI is InChI=1S/C6H12N2O4.3H2O/c7-1-2-8-4(6(11)12)3-5(9)10;;;/h4,8H,1-3,7H2,(H,9,10)(H,11,12);3*1H2/t4-;;;/m0.../s1. The molecule has 94 valence electrons. The molecule has 1 atom stereocenters. The summed E-state index contributed by atoms with van der Waals surface area (Å²) in [6.07, 6.45) is -0.435. The van der Waals surface area contributed by atoms with Crippen molar-refractivity contribution in [1.29, 1.82) is 0 Å². The van der Waals surface area contributed by atoms with Crippen LogP contribution in [0.1, 0.15) is 6.42 Å². The van der Waals surface area contributed by atoms with Gasteiger partial charge in [-0.1, -0.05) is 0 Å². The van der Waals surface area contributed by atoms with Gasteiger partial charge in [0.15, 0.2) is 0 Å². The van der Waals surface area contributed by atoms with Gasteiger partial charge in [0.1, 0.15) is 6.04 Å². The number of rotatable bonds is 6. The molecule has 0 aromatic carbocycles. The highest BCUT2D eigenvalue weighted by Gasteiger charge is 2.19. The molecule has 0 aliphatic rings. The van der Waals surface area contributed by atoms with Crippen molar-refractivity contribution in [2.24, 2.45) is 5.73 Å². The highest BCUT2D eigenvalue weighted by Crippen LogP contribution is 1.91. The first-order valence-electron chi connectivity index (χ1n) is 3.46. The Morgan fingerprint density at radius 3 is 1.93 bits per heavy atom. The fourth-order valence-corrected chi connectivity index (χ4v) is 0.679. The molecule has 0 heterocycles. The van der Waals surface area contributed by atoms with Gasteiger partial charge in [0.25, 0.3) is 0 Å². The van der Waals surface area contributed by atoms with E-state index in [0.717, 1.165) is 0 Å². The average molecular weight is 230 g/mol. The summed E-state index contributed by atoms with van der Waals surface area (Å²) in [4.78, 5) is 20.5. The summed E-state index contributed by atoms with van der Waals surface area (Å²) >= 11 is 0. The second kappa shape index (κ2) is 12.7. The van der Waals surface area contributed by atoms with Crippen LogP contribution in [-0.2, 0) is 9.59 Å². The minimum absolute atomic E-state index is 0. The third kappa shape index (κ3) is 12.7. The van der Waals surface area contributed by atoms with Crippen LogP contribution in [0.15, 0.2) is 0 Å². The van der Waals surface area contributed by atoms with E-state index in [1.54, 1.807) is 0 Å². The molecule has 0 bridgehead atoms. The van der Waals surface area contributed by atoms with Crippen LogP contribution in [0.3, 0.4) is 0 Å². The third-order valence-corrected chi connectivity index (χ3v) is 1.21. The smallest absolute Gasteiger partial charge is 0.321 e. The minimum atomic E-state index is -1.18. The number of nitrogens with two attached hydrogens (primary N) is 1. The predicted octanol–water partition coefficient (Wildman–Crippen LogP) is -4.01. The zero-order valence-electron chi connectivity index (χ0n) is 7.99. The van der Waals surface area contributed by atoms with Crippen LogP contribution in [0.5, 0.6) is 0 Å². The number of carbonyl (C=O) groups is 2. The SMILES string of the molecule is NCCN[C@@H](CC(=O)O)C(=O)O.O.O.O. The largest absolute Gasteiger partial charge is 0.481 e. The molecular formula is C6H18N2O7. The molecule has 0 fully saturated rings. The van der Waals surface area contributed by atoms with E-state index in [1.165, 1.54) is 0 Å². The summed E-state index contributed by atoms with van der Waals surface area (Å²) < 4.78 is 0. The van der Waals surface area contributed by atoms with Crippen LogP contribution in [-0.4, -0.2) is 57.7 Å². The van der Waals surface area contributed by atoms with E-state index in [-0.39, 0.29) is 23.0 Å². The van der Waals surface area contributed by atoms with Crippen molar-refractivity contribution in [3.8, 4) is 0 Å². The summed E-state index contributed by atoms with van der Waals surface area (Å²) in [5.41, 5.74) is 5.10. The first kappa shape index (κ1) is 23.5. The lowest BCUT2D eigenvalue weighted by atomic mass is 10.2. The van der Waals surface area contributed by atoms with Crippen LogP contribution in [0.25, 0.3) is 0 Å². The molecule has 0 saturated carbocycles. The van der Waals surface area contributed by atoms with Gasteiger partial charge in [-0.15, -0.1) is 0 Å². The van der Waals surface area contributed by atoms with E-state index in [4.69, 9.17) is 15.9 Å². The zero-order valence-corrected chi connectivity index (χ0v) is 7.99. The summed E-state index contributed by atoms with van der Waals surface area (Å²) in [6, 6.07) is -1.05. The fraction of sp³-hybridized carbons (Fsp3) is 0.667. The van der Waals surface area contributed by atoms with Gasteiger partial charge in [-0.25, -0.2) is 0 Å². The van der Waals surface area contributed by atoms with Crippen LogP contribution < -0.4 is 11.1 Å². The number of hydrogen-bond donors (Lipinski definition) is 4. The molecule has 0 rings (SSSR count). The lowest BCUT2D eigenvalue weighted by Gasteiger charge is -2.10. The van der Waals surface area contributed by atoms with Crippen molar-refractivity contribution in [3.63, 3.8) is 0 Å². The number of hydrogen-bond acceptors (Lipinski definition) is 4. The second-order valence-electron chi connectivity index (χ2n) is 2.23. The van der Waals surface area contributed by atoms with Crippen LogP contribution >= 0.6 is 0 Å². The zero-order chi connectivity index (χ0) is 9.56. The van der Waals surface area contributed by atoms with E-state index in [9.17, 15) is 9.59 Å². The fourth-order valence-electron chi connectivity index (χ4n) is 0.679. The van der Waals surface area contributed by atoms with Crippen molar-refractivity contribution in [2.45, 2.75) is 12.5 Å². The predicted molar refractivity (Wildman–Crippen MR) is 51.6 cm³/mol. The van der Waals surface area contributed by atoms with Crippen molar-refractivity contribution in [1.82, 2.24) is 5.32 Å². The molecular weight excluding hydrogens is 212 g/mol. The van der Waals surface area contributed by atoms with E-state index in [2.05, 4.69) is 5.32 Å². The lowest BCUT2D eigenvalue weighted by molar-refractivity contribution is -0.145. The summed E-state index contributed by atoms with van der Waals surface area (Å²) in [6.45, 7) is 0.577. The molecule has 9 heteroatoms. The van der Waals surface area contributed by atoms with Crippen molar-refractivity contribution in [2.75, 3.05) is 13.1 Å². The van der Waals surface area contributed by atoms with Crippen LogP contribution in [0.2, 0.25) is 0 Å². The van der Waals surface area contributed by atoms with Gasteiger partial charge in [-0.3, -0.25) is 9.59 Å². The van der Waals surface area contributed by atoms with Crippen molar-refractivity contribution in [3.05, 3.63) is 0 Å². The summed E-state index contributed by atoms with van der Waals surface area (Å²) in [5.74, 6) is -2.32. The Hall–Kier alpha value is -1.26. The Kier molecular flexibility index (Phi) is 20.0. The second-order valence-corrected chi connectivity index (χ2v) is 2.23. The van der Waals surface area contributed by atoms with E-state index in [0.29, 0.717) is 6.54 Å². The molecule has 0 radical (unpaired) electrons. The first-order chi connectivity index (χ1) is 5.57. The maximum atomic E-state index is 10.4. The Balaban J connectivity index is -0.000000202. The molecule has 0 aliphatic heterocycles. The minimum Gasteiger partial charge on any atom is -0.481 e. The molecule has 0 aromatic heterocycles. The molecule has 0 unspecified atom stereocenters. The number of carboxylic acid groups (broad SMARTS) is 2. The summed E-state index contributed by atoms with van der Waals surface area (Å²) in [7, 11) is 0. The number of aliphatic carboxylic acids is 2. The molecule has 9 nitrogen and oxygen atoms in total. The monoisotopic (exact) mass is 230 g/mol. The molecule has 0 spiro atoms. The molecule has 11 N–H and O–H groups in total. The topological polar surface area (TPSA) is 207 Å². The Morgan fingerprint density at radius 1 is 1.20 bits per heavy atom. The maximum Gasteiger partial charge on any atom is 0.321 e. The van der Waals surface area contributed by atoms with Crippen LogP contribution in [0, 0.1) is 0 Å². The van der Waals surface area contributed by atoms with Gasteiger partial charge in [0.05, 0.1) is 6.42 Å². The average Bonchev–Trinajstić information content (AvgIpc) is 1.96. The molecule has 0 saturated heterocycles. The number of carboxylic acids is 2. The van der Waals surface area contributed by atoms with Gasteiger partial charge in [0.2, 0.25) is 0 Å². The molecule has 0 amide bonds. The van der Waals surface area contributed by atoms with Gasteiger partial charge < -0.3 is 37.7 Å². The van der Waals surface area contributed by atoms with Crippen molar-refractivity contribution < 1.29 is 36.2 Å². The van der Waals surface area contributed by atoms with Crippen LogP contribution in [0.4, 0.5) is 0 Å². The van der Waals surface area contributed by atoms with Gasteiger partial charge in [0, 0.05) is 13.1 Å². The highest BCUT2D eigenvalue weighted by molar-refractivity contribution is 5.80. The van der Waals surface area contributed by atoms with E-state index >= 15 is 0 Å². The normalized spacial score (nSPS) is 9.93. The van der Waals surface area contributed by atoms with Gasteiger partial charge in [-0.05, 0) is 0 Å². The Bertz CT molecular complexity index is 175. The third-order valence-electron chi connectivity index (χ3n) is 1.21. The Morgan fingerprint density at radius 2 is 1.67 bits per heavy atom. The van der Waals surface area contributed by atoms with Crippen molar-refractivity contribution >= 4 is 11.9 Å².